The molecule has 0 radical (unpaired) electrons. The van der Waals surface area contributed by atoms with Crippen LogP contribution >= 0.6 is 0 Å². The first-order chi connectivity index (χ1) is 15.3. The van der Waals surface area contributed by atoms with Gasteiger partial charge in [0, 0.05) is 11.1 Å². The second kappa shape index (κ2) is 13.1. The quantitative estimate of drug-likeness (QED) is 0.291. The molecule has 0 heterocycles. The smallest absolute Gasteiger partial charge is 0.119 e. The number of hydrogen-bond donors (Lipinski definition) is 0. The van der Waals surface area contributed by atoms with E-state index in [1.807, 2.05) is 48.5 Å². The Morgan fingerprint density at radius 1 is 0.677 bits per heavy atom. The largest absolute Gasteiger partial charge is 0.494 e. The number of ether oxygens (including phenoxy) is 2. The van der Waals surface area contributed by atoms with E-state index >= 15 is 0 Å². The molecule has 3 rings (SSSR count). The van der Waals surface area contributed by atoms with Crippen molar-refractivity contribution in [2.24, 2.45) is 11.8 Å². The average Bonchev–Trinajstić information content (AvgIpc) is 2.82. The van der Waals surface area contributed by atoms with Crippen molar-refractivity contribution >= 4 is 0 Å². The van der Waals surface area contributed by atoms with Crippen LogP contribution < -0.4 is 9.47 Å². The van der Waals surface area contributed by atoms with Gasteiger partial charge in [-0.05, 0) is 79.6 Å². The predicted octanol–water partition coefficient (Wildman–Crippen LogP) is 7.64. The van der Waals surface area contributed by atoms with Crippen molar-refractivity contribution in [3.05, 3.63) is 59.7 Å². The lowest BCUT2D eigenvalue weighted by molar-refractivity contribution is 0.177. The molecule has 1 aliphatic rings. The van der Waals surface area contributed by atoms with Crippen LogP contribution in [0.3, 0.4) is 0 Å². The molecule has 0 aromatic heterocycles. The maximum atomic E-state index is 6.08. The van der Waals surface area contributed by atoms with Crippen molar-refractivity contribution in [3.8, 4) is 23.3 Å². The van der Waals surface area contributed by atoms with E-state index in [9.17, 15) is 0 Å². The van der Waals surface area contributed by atoms with Gasteiger partial charge in [-0.25, -0.2) is 0 Å². The van der Waals surface area contributed by atoms with Crippen LogP contribution in [-0.2, 0) is 0 Å². The van der Waals surface area contributed by atoms with Crippen LogP contribution in [-0.4, -0.2) is 13.2 Å². The van der Waals surface area contributed by atoms with E-state index in [1.54, 1.807) is 0 Å². The average molecular weight is 419 g/mol. The Labute approximate surface area is 189 Å². The molecule has 0 bridgehead atoms. The zero-order valence-corrected chi connectivity index (χ0v) is 19.4. The minimum atomic E-state index is 0.714. The van der Waals surface area contributed by atoms with E-state index < -0.39 is 0 Å². The van der Waals surface area contributed by atoms with Crippen molar-refractivity contribution in [2.45, 2.75) is 71.6 Å². The molecule has 0 N–H and O–H groups in total. The van der Waals surface area contributed by atoms with Gasteiger partial charge in [-0.2, -0.15) is 0 Å². The maximum Gasteiger partial charge on any atom is 0.119 e. The van der Waals surface area contributed by atoms with Gasteiger partial charge in [0.25, 0.3) is 0 Å². The summed E-state index contributed by atoms with van der Waals surface area (Å²) in [7, 11) is 0. The van der Waals surface area contributed by atoms with Crippen LogP contribution in [0.25, 0.3) is 0 Å². The third-order valence-corrected chi connectivity index (χ3v) is 6.20. The highest BCUT2D eigenvalue weighted by molar-refractivity contribution is 5.45. The van der Waals surface area contributed by atoms with Crippen LogP contribution in [0.5, 0.6) is 11.5 Å². The number of benzene rings is 2. The van der Waals surface area contributed by atoms with E-state index in [0.717, 1.165) is 48.2 Å². The van der Waals surface area contributed by atoms with Crippen LogP contribution in [0.2, 0.25) is 0 Å². The molecular formula is C29H38O2. The Bertz CT molecular complexity index is 803. The SMILES string of the molecule is CCCCCC1CCC(COc2ccc(C#Cc3ccc(OCCC)cc3)cc2)CC1. The molecule has 0 unspecified atom stereocenters. The van der Waals surface area contributed by atoms with Gasteiger partial charge in [-0.1, -0.05) is 64.2 Å². The first-order valence-electron chi connectivity index (χ1n) is 12.2. The summed E-state index contributed by atoms with van der Waals surface area (Å²) in [6.45, 7) is 5.99. The van der Waals surface area contributed by atoms with Gasteiger partial charge in [0.15, 0.2) is 0 Å². The van der Waals surface area contributed by atoms with E-state index in [1.165, 1.54) is 51.4 Å². The second-order valence-corrected chi connectivity index (χ2v) is 8.84. The molecule has 2 heteroatoms. The van der Waals surface area contributed by atoms with Gasteiger partial charge in [0.2, 0.25) is 0 Å². The van der Waals surface area contributed by atoms with Gasteiger partial charge in [0.05, 0.1) is 13.2 Å². The lowest BCUT2D eigenvalue weighted by Crippen LogP contribution is -2.20. The van der Waals surface area contributed by atoms with Crippen LogP contribution in [0.15, 0.2) is 48.5 Å². The molecule has 0 amide bonds. The third-order valence-electron chi connectivity index (χ3n) is 6.20. The van der Waals surface area contributed by atoms with Crippen LogP contribution in [0.1, 0.15) is 82.8 Å². The first kappa shape index (κ1) is 23.3. The molecule has 1 aliphatic carbocycles. The lowest BCUT2D eigenvalue weighted by Gasteiger charge is -2.28. The van der Waals surface area contributed by atoms with E-state index in [-0.39, 0.29) is 0 Å². The molecular weight excluding hydrogens is 380 g/mol. The van der Waals surface area contributed by atoms with Gasteiger partial charge < -0.3 is 9.47 Å². The van der Waals surface area contributed by atoms with Crippen molar-refractivity contribution in [3.63, 3.8) is 0 Å². The first-order valence-corrected chi connectivity index (χ1v) is 12.2. The zero-order valence-electron chi connectivity index (χ0n) is 19.4. The summed E-state index contributed by atoms with van der Waals surface area (Å²) in [5.41, 5.74) is 2.00. The zero-order chi connectivity index (χ0) is 21.7. The molecule has 2 aromatic rings. The Hall–Kier alpha value is -2.40. The van der Waals surface area contributed by atoms with Gasteiger partial charge >= 0.3 is 0 Å². The summed E-state index contributed by atoms with van der Waals surface area (Å²) >= 11 is 0. The van der Waals surface area contributed by atoms with Crippen molar-refractivity contribution < 1.29 is 9.47 Å². The summed E-state index contributed by atoms with van der Waals surface area (Å²) in [5.74, 6) is 9.99. The summed E-state index contributed by atoms with van der Waals surface area (Å²) in [4.78, 5) is 0. The van der Waals surface area contributed by atoms with Crippen LogP contribution in [0.4, 0.5) is 0 Å². The predicted molar refractivity (Wildman–Crippen MR) is 130 cm³/mol. The molecule has 2 nitrogen and oxygen atoms in total. The van der Waals surface area contributed by atoms with Crippen molar-refractivity contribution in [1.82, 2.24) is 0 Å². The minimum Gasteiger partial charge on any atom is -0.494 e. The van der Waals surface area contributed by atoms with E-state index in [4.69, 9.17) is 9.47 Å². The topological polar surface area (TPSA) is 18.5 Å². The third kappa shape index (κ3) is 8.33. The molecule has 0 spiro atoms. The fourth-order valence-electron chi connectivity index (χ4n) is 4.22. The number of hydrogen-bond acceptors (Lipinski definition) is 2. The summed E-state index contributed by atoms with van der Waals surface area (Å²) in [6.07, 6.45) is 12.0. The minimum absolute atomic E-state index is 0.714. The van der Waals surface area contributed by atoms with E-state index in [2.05, 4.69) is 25.7 Å². The summed E-state index contributed by atoms with van der Waals surface area (Å²) in [5, 5.41) is 0. The fourth-order valence-corrected chi connectivity index (χ4v) is 4.22. The standard InChI is InChI=1S/C29H38O2/c1-3-5-6-7-24-10-12-27(13-11-24)23-31-29-20-16-26(17-21-29)9-8-25-14-18-28(19-15-25)30-22-4-2/h14-21,24,27H,3-7,10-13,22-23H2,1-2H3. The molecule has 31 heavy (non-hydrogen) atoms. The van der Waals surface area contributed by atoms with Gasteiger partial charge in [-0.3, -0.25) is 0 Å². The van der Waals surface area contributed by atoms with Crippen molar-refractivity contribution in [1.29, 1.82) is 0 Å². The Balaban J connectivity index is 1.40. The molecule has 1 fully saturated rings. The normalized spacial score (nSPS) is 18.1. The summed E-state index contributed by atoms with van der Waals surface area (Å²) < 4.78 is 11.7. The Kier molecular flexibility index (Phi) is 9.84. The number of unbranched alkanes of at least 4 members (excludes halogenated alkanes) is 2. The maximum absolute atomic E-state index is 6.08. The fraction of sp³-hybridized carbons (Fsp3) is 0.517. The molecule has 0 aliphatic heterocycles. The lowest BCUT2D eigenvalue weighted by atomic mass is 9.80. The van der Waals surface area contributed by atoms with E-state index in [0.29, 0.717) is 5.92 Å². The van der Waals surface area contributed by atoms with Gasteiger partial charge in [0.1, 0.15) is 11.5 Å². The van der Waals surface area contributed by atoms with Crippen LogP contribution in [0, 0.1) is 23.7 Å². The molecule has 0 atom stereocenters. The molecule has 0 saturated heterocycles. The highest BCUT2D eigenvalue weighted by atomic mass is 16.5. The Morgan fingerprint density at radius 2 is 1.23 bits per heavy atom. The van der Waals surface area contributed by atoms with Gasteiger partial charge in [-0.15, -0.1) is 0 Å². The summed E-state index contributed by atoms with van der Waals surface area (Å²) in [6, 6.07) is 16.2. The molecule has 1 saturated carbocycles. The molecule has 2 aromatic carbocycles. The van der Waals surface area contributed by atoms with Crippen molar-refractivity contribution in [2.75, 3.05) is 13.2 Å². The number of rotatable bonds is 10. The Morgan fingerprint density at radius 3 is 1.77 bits per heavy atom. The molecule has 166 valence electrons. The second-order valence-electron chi connectivity index (χ2n) is 8.84. The highest BCUT2D eigenvalue weighted by Gasteiger charge is 2.21. The highest BCUT2D eigenvalue weighted by Crippen LogP contribution is 2.32. The monoisotopic (exact) mass is 418 g/mol.